The Labute approximate surface area is 231 Å². The second kappa shape index (κ2) is 10.4. The topological polar surface area (TPSA) is 140 Å². The average Bonchev–Trinajstić information content (AvgIpc) is 3.39. The van der Waals surface area contributed by atoms with Gasteiger partial charge in [-0.15, -0.1) is 0 Å². The Kier molecular flexibility index (Phi) is 7.69. The second-order valence-corrected chi connectivity index (χ2v) is 11.8. The standard InChI is InChI=1S/C24H22N4O5S2.Na/c29-23-15-22(35(32,33)28-23)17-12-10-16(11-13-17)14-21(24-25-19-8-4-5-9-20(19)26-24)27-34(30,31)18-6-2-1-3-7-18;/h1-13,21-22,27H,14-15H2,(H2,25,26,28,29);/q;+1/p-1/t21-,22-;/m0./s1. The van der Waals surface area contributed by atoms with Gasteiger partial charge in [0.2, 0.25) is 10.0 Å². The molecule has 12 heteroatoms. The van der Waals surface area contributed by atoms with Gasteiger partial charge in [-0.25, -0.2) is 26.5 Å². The first-order valence-electron chi connectivity index (χ1n) is 10.8. The molecule has 36 heavy (non-hydrogen) atoms. The number of para-hydroxylation sites is 2. The number of hydrogen-bond donors (Lipinski definition) is 2. The zero-order valence-corrected chi connectivity index (χ0v) is 23.0. The maximum atomic E-state index is 13.1. The van der Waals surface area contributed by atoms with Gasteiger partial charge in [-0.1, -0.05) is 54.6 Å². The van der Waals surface area contributed by atoms with E-state index >= 15 is 0 Å². The molecule has 1 amide bonds. The third kappa shape index (κ3) is 5.56. The van der Waals surface area contributed by atoms with Crippen molar-refractivity contribution in [2.75, 3.05) is 0 Å². The summed E-state index contributed by atoms with van der Waals surface area (Å²) in [4.78, 5) is 19.4. The number of rotatable bonds is 7. The number of amides is 1. The van der Waals surface area contributed by atoms with E-state index in [1.165, 1.54) is 12.1 Å². The molecule has 1 aliphatic heterocycles. The van der Waals surface area contributed by atoms with Crippen LogP contribution in [0.4, 0.5) is 0 Å². The number of carbonyl (C=O) groups is 1. The van der Waals surface area contributed by atoms with Crippen LogP contribution >= 0.6 is 0 Å². The molecule has 2 heterocycles. The largest absolute Gasteiger partial charge is 1.00 e. The molecule has 9 nitrogen and oxygen atoms in total. The molecule has 0 unspecified atom stereocenters. The minimum atomic E-state index is -3.87. The van der Waals surface area contributed by atoms with Gasteiger partial charge in [-0.2, -0.15) is 0 Å². The fourth-order valence-electron chi connectivity index (χ4n) is 4.09. The van der Waals surface area contributed by atoms with Gasteiger partial charge in [0.25, 0.3) is 0 Å². The molecular formula is C24H21N4NaO5S2. The van der Waals surface area contributed by atoms with Crippen molar-refractivity contribution in [3.05, 3.63) is 101 Å². The van der Waals surface area contributed by atoms with Gasteiger partial charge in [-0.3, -0.25) is 0 Å². The van der Waals surface area contributed by atoms with Crippen molar-refractivity contribution in [2.45, 2.75) is 29.0 Å². The summed E-state index contributed by atoms with van der Waals surface area (Å²) in [6.07, 6.45) is 0.0764. The number of aromatic amines is 1. The van der Waals surface area contributed by atoms with Crippen LogP contribution in [0.15, 0.2) is 83.8 Å². The van der Waals surface area contributed by atoms with Crippen LogP contribution in [0.5, 0.6) is 0 Å². The van der Waals surface area contributed by atoms with Crippen molar-refractivity contribution >= 4 is 37.0 Å². The SMILES string of the molecule is O=C1C[C@@H](c2ccc(C[C@H](NS(=O)(=O)c3ccccc3)c3nc4ccccc4[nH]3)cc2)S(=O)(=O)[N-]1.[Na+]. The number of nitrogens with zero attached hydrogens (tertiary/aromatic N) is 2. The van der Waals surface area contributed by atoms with E-state index in [1.807, 2.05) is 24.3 Å². The Morgan fingerprint density at radius 1 is 1.00 bits per heavy atom. The molecule has 2 atom stereocenters. The molecule has 5 rings (SSSR count). The van der Waals surface area contributed by atoms with E-state index < -0.39 is 37.2 Å². The molecule has 1 aromatic heterocycles. The molecule has 0 bridgehead atoms. The third-order valence-electron chi connectivity index (χ3n) is 5.83. The summed E-state index contributed by atoms with van der Waals surface area (Å²) in [6.45, 7) is 0. The number of nitrogens with one attached hydrogen (secondary N) is 2. The number of imidazole rings is 1. The Hall–Kier alpha value is -2.54. The first-order valence-corrected chi connectivity index (χ1v) is 13.8. The average molecular weight is 533 g/mol. The van der Waals surface area contributed by atoms with Gasteiger partial charge in [0.1, 0.15) is 15.8 Å². The number of fused-ring (bicyclic) bond motifs is 1. The summed E-state index contributed by atoms with van der Waals surface area (Å²) >= 11 is 0. The zero-order valence-electron chi connectivity index (χ0n) is 19.3. The Bertz CT molecular complexity index is 1570. The van der Waals surface area contributed by atoms with Crippen molar-refractivity contribution in [3.63, 3.8) is 0 Å². The van der Waals surface area contributed by atoms with Gasteiger partial charge in [0.15, 0.2) is 0 Å². The van der Waals surface area contributed by atoms with Crippen molar-refractivity contribution in [1.29, 1.82) is 0 Å². The van der Waals surface area contributed by atoms with Crippen molar-refractivity contribution in [2.24, 2.45) is 0 Å². The molecule has 180 valence electrons. The van der Waals surface area contributed by atoms with Gasteiger partial charge in [-0.05, 0) is 41.8 Å². The molecule has 1 aliphatic rings. The van der Waals surface area contributed by atoms with Crippen molar-refractivity contribution in [3.8, 4) is 0 Å². The van der Waals surface area contributed by atoms with Crippen LogP contribution < -0.4 is 34.3 Å². The third-order valence-corrected chi connectivity index (χ3v) is 8.93. The van der Waals surface area contributed by atoms with Gasteiger partial charge >= 0.3 is 29.6 Å². The zero-order chi connectivity index (χ0) is 24.6. The maximum absolute atomic E-state index is 13.1. The Morgan fingerprint density at radius 3 is 2.31 bits per heavy atom. The molecule has 4 aromatic rings. The van der Waals surface area contributed by atoms with E-state index in [0.717, 1.165) is 11.1 Å². The summed E-state index contributed by atoms with van der Waals surface area (Å²) in [5.74, 6) is -0.197. The first-order chi connectivity index (χ1) is 16.7. The summed E-state index contributed by atoms with van der Waals surface area (Å²) in [7, 11) is -7.72. The first kappa shape index (κ1) is 26.5. The summed E-state index contributed by atoms with van der Waals surface area (Å²) < 4.78 is 56.4. The molecule has 2 N–H and O–H groups in total. The fraction of sp³-hybridized carbons (Fsp3) is 0.167. The second-order valence-electron chi connectivity index (χ2n) is 8.26. The van der Waals surface area contributed by atoms with E-state index in [2.05, 4.69) is 19.4 Å². The van der Waals surface area contributed by atoms with Gasteiger partial charge in [0, 0.05) is 6.42 Å². The Balaban J connectivity index is 0.00000304. The number of benzene rings is 3. The molecule has 0 aliphatic carbocycles. The van der Waals surface area contributed by atoms with E-state index in [-0.39, 0.29) is 47.3 Å². The van der Waals surface area contributed by atoms with E-state index in [0.29, 0.717) is 16.9 Å². The molecule has 0 spiro atoms. The van der Waals surface area contributed by atoms with Crippen LogP contribution in [-0.4, -0.2) is 32.7 Å². The van der Waals surface area contributed by atoms with Crippen LogP contribution in [0.25, 0.3) is 15.8 Å². The summed E-state index contributed by atoms with van der Waals surface area (Å²) in [5.41, 5.74) is 2.71. The van der Waals surface area contributed by atoms with E-state index in [1.54, 1.807) is 42.5 Å². The van der Waals surface area contributed by atoms with Crippen LogP contribution in [0, 0.1) is 0 Å². The number of aromatic nitrogens is 2. The summed E-state index contributed by atoms with van der Waals surface area (Å²) in [6, 6.07) is 21.5. The van der Waals surface area contributed by atoms with E-state index in [4.69, 9.17) is 0 Å². The Morgan fingerprint density at radius 2 is 1.67 bits per heavy atom. The smallest absolute Gasteiger partial charge is 0.545 e. The van der Waals surface area contributed by atoms with Gasteiger partial charge < -0.3 is 14.5 Å². The normalized spacial score (nSPS) is 17.9. The minimum absolute atomic E-state index is 0. The quantitative estimate of drug-likeness (QED) is 0.332. The molecule has 3 aromatic carbocycles. The monoisotopic (exact) mass is 532 g/mol. The van der Waals surface area contributed by atoms with Crippen LogP contribution in [-0.2, 0) is 31.3 Å². The number of H-pyrrole nitrogens is 1. The van der Waals surface area contributed by atoms with Crippen molar-refractivity contribution in [1.82, 2.24) is 14.7 Å². The number of hydrogen-bond acceptors (Lipinski definition) is 6. The maximum Gasteiger partial charge on any atom is 1.00 e. The molecular weight excluding hydrogens is 511 g/mol. The summed E-state index contributed by atoms with van der Waals surface area (Å²) in [5, 5.41) is -0.994. The van der Waals surface area contributed by atoms with Crippen LogP contribution in [0.3, 0.4) is 0 Å². The van der Waals surface area contributed by atoms with Crippen molar-refractivity contribution < 1.29 is 51.2 Å². The molecule has 0 radical (unpaired) electrons. The number of carbonyl (C=O) groups excluding carboxylic acids is 1. The number of sulfonamides is 2. The van der Waals surface area contributed by atoms with E-state index in [9.17, 15) is 21.6 Å². The fourth-order valence-corrected chi connectivity index (χ4v) is 6.65. The predicted octanol–water partition coefficient (Wildman–Crippen LogP) is 0.504. The molecule has 0 saturated carbocycles. The molecule has 1 saturated heterocycles. The minimum Gasteiger partial charge on any atom is -0.545 e. The van der Waals surface area contributed by atoms with Gasteiger partial charge in [0.05, 0.1) is 33.1 Å². The van der Waals surface area contributed by atoms with Crippen LogP contribution in [0.2, 0.25) is 0 Å². The molecule has 1 fully saturated rings. The van der Waals surface area contributed by atoms with Crippen LogP contribution in [0.1, 0.15) is 34.7 Å². The predicted molar refractivity (Wildman–Crippen MR) is 130 cm³/mol.